The fourth-order valence-electron chi connectivity index (χ4n) is 3.42. The van der Waals surface area contributed by atoms with Crippen molar-refractivity contribution in [3.63, 3.8) is 0 Å². The summed E-state index contributed by atoms with van der Waals surface area (Å²) in [5.74, 6) is 1.49. The maximum atomic E-state index is 12.5. The smallest absolute Gasteiger partial charge is 0.257 e. The molecule has 2 aliphatic heterocycles. The fourth-order valence-corrected chi connectivity index (χ4v) is 3.42. The standard InChI is InChI=1S/C17H27N5O/c1-3-20-7-9-21(10-8-20)16(23)15-11-18-17(19-12-15)22-6-4-5-14(2)13-22/h11-12,14H,3-10,13H2,1-2H3. The normalized spacial score (nSPS) is 23.1. The van der Waals surface area contributed by atoms with Crippen LogP contribution < -0.4 is 4.90 Å². The topological polar surface area (TPSA) is 52.6 Å². The SMILES string of the molecule is CCN1CCN(C(=O)c2cnc(N3CCCC(C)C3)nc2)CC1. The summed E-state index contributed by atoms with van der Waals surface area (Å²) in [5, 5.41) is 0. The van der Waals surface area contributed by atoms with Gasteiger partial charge in [-0.1, -0.05) is 13.8 Å². The molecule has 0 saturated carbocycles. The lowest BCUT2D eigenvalue weighted by Crippen LogP contribution is -2.48. The van der Waals surface area contributed by atoms with E-state index in [1.54, 1.807) is 12.4 Å². The first-order valence-corrected chi connectivity index (χ1v) is 8.76. The highest BCUT2D eigenvalue weighted by atomic mass is 16.2. The molecule has 2 saturated heterocycles. The first-order chi connectivity index (χ1) is 11.2. The Bertz CT molecular complexity index is 524. The second-order valence-corrected chi connectivity index (χ2v) is 6.69. The molecule has 0 aliphatic carbocycles. The molecule has 6 nitrogen and oxygen atoms in total. The van der Waals surface area contributed by atoms with Crippen molar-refractivity contribution in [3.8, 4) is 0 Å². The summed E-state index contributed by atoms with van der Waals surface area (Å²) >= 11 is 0. The molecule has 2 fully saturated rings. The van der Waals surface area contributed by atoms with Gasteiger partial charge in [-0.3, -0.25) is 4.79 Å². The van der Waals surface area contributed by atoms with E-state index in [0.29, 0.717) is 11.5 Å². The molecule has 0 aromatic carbocycles. The van der Waals surface area contributed by atoms with Crippen molar-refractivity contribution in [2.45, 2.75) is 26.7 Å². The van der Waals surface area contributed by atoms with Crippen LogP contribution in [0.3, 0.4) is 0 Å². The van der Waals surface area contributed by atoms with Crippen LogP contribution in [0.1, 0.15) is 37.0 Å². The zero-order chi connectivity index (χ0) is 16.2. The molecule has 126 valence electrons. The predicted octanol–water partition coefficient (Wildman–Crippen LogP) is 1.49. The van der Waals surface area contributed by atoms with Gasteiger partial charge in [0.05, 0.1) is 5.56 Å². The van der Waals surface area contributed by atoms with E-state index in [9.17, 15) is 4.79 Å². The largest absolute Gasteiger partial charge is 0.341 e. The predicted molar refractivity (Wildman–Crippen MR) is 90.7 cm³/mol. The maximum absolute atomic E-state index is 12.5. The van der Waals surface area contributed by atoms with E-state index in [1.807, 2.05) is 4.90 Å². The second kappa shape index (κ2) is 7.25. The van der Waals surface area contributed by atoms with Crippen molar-refractivity contribution in [1.82, 2.24) is 19.8 Å². The first-order valence-electron chi connectivity index (χ1n) is 8.76. The summed E-state index contributed by atoms with van der Waals surface area (Å²) in [5.41, 5.74) is 0.601. The first kappa shape index (κ1) is 16.2. The molecule has 1 aromatic heterocycles. The van der Waals surface area contributed by atoms with Gasteiger partial charge in [-0.15, -0.1) is 0 Å². The number of carbonyl (C=O) groups excluding carboxylic acids is 1. The van der Waals surface area contributed by atoms with Gasteiger partial charge in [-0.2, -0.15) is 0 Å². The molecule has 1 unspecified atom stereocenters. The number of rotatable bonds is 3. The van der Waals surface area contributed by atoms with Gasteiger partial charge in [0.25, 0.3) is 5.91 Å². The Morgan fingerprint density at radius 2 is 1.87 bits per heavy atom. The third kappa shape index (κ3) is 3.80. The van der Waals surface area contributed by atoms with Crippen molar-refractivity contribution in [2.24, 2.45) is 5.92 Å². The summed E-state index contributed by atoms with van der Waals surface area (Å²) in [6, 6.07) is 0. The minimum Gasteiger partial charge on any atom is -0.341 e. The van der Waals surface area contributed by atoms with Crippen molar-refractivity contribution >= 4 is 11.9 Å². The van der Waals surface area contributed by atoms with Gasteiger partial charge in [0.2, 0.25) is 5.95 Å². The number of nitrogens with zero attached hydrogens (tertiary/aromatic N) is 5. The molecule has 1 atom stereocenters. The number of amides is 1. The maximum Gasteiger partial charge on any atom is 0.257 e. The van der Waals surface area contributed by atoms with Crippen LogP contribution in [0.25, 0.3) is 0 Å². The van der Waals surface area contributed by atoms with Gasteiger partial charge >= 0.3 is 0 Å². The van der Waals surface area contributed by atoms with Crippen molar-refractivity contribution < 1.29 is 4.79 Å². The molecule has 1 aromatic rings. The number of anilines is 1. The molecule has 6 heteroatoms. The zero-order valence-corrected chi connectivity index (χ0v) is 14.2. The summed E-state index contributed by atoms with van der Waals surface area (Å²) in [4.78, 5) is 27.9. The van der Waals surface area contributed by atoms with Crippen LogP contribution in [0, 0.1) is 5.92 Å². The zero-order valence-electron chi connectivity index (χ0n) is 14.2. The second-order valence-electron chi connectivity index (χ2n) is 6.69. The van der Waals surface area contributed by atoms with Crippen molar-refractivity contribution in [1.29, 1.82) is 0 Å². The molecule has 2 aliphatic rings. The van der Waals surface area contributed by atoms with Gasteiger partial charge in [0, 0.05) is 51.7 Å². The average Bonchev–Trinajstić information content (AvgIpc) is 2.61. The molecule has 3 heterocycles. The molecule has 0 N–H and O–H groups in total. The van der Waals surface area contributed by atoms with E-state index < -0.39 is 0 Å². The molecule has 3 rings (SSSR count). The number of piperazine rings is 1. The lowest BCUT2D eigenvalue weighted by molar-refractivity contribution is 0.0642. The number of likely N-dealkylation sites (N-methyl/N-ethyl adjacent to an activating group) is 1. The Morgan fingerprint density at radius 3 is 2.48 bits per heavy atom. The van der Waals surface area contributed by atoms with Gasteiger partial charge in [0.15, 0.2) is 0 Å². The third-order valence-corrected chi connectivity index (χ3v) is 4.93. The summed E-state index contributed by atoms with van der Waals surface area (Å²) in [7, 11) is 0. The minimum absolute atomic E-state index is 0.0549. The van der Waals surface area contributed by atoms with Crippen LogP contribution >= 0.6 is 0 Å². The molecule has 0 spiro atoms. The van der Waals surface area contributed by atoms with Gasteiger partial charge in [-0.05, 0) is 25.3 Å². The van der Waals surface area contributed by atoms with E-state index >= 15 is 0 Å². The quantitative estimate of drug-likeness (QED) is 0.845. The fraction of sp³-hybridized carbons (Fsp3) is 0.706. The van der Waals surface area contributed by atoms with Crippen LogP contribution in [0.15, 0.2) is 12.4 Å². The van der Waals surface area contributed by atoms with E-state index in [4.69, 9.17) is 0 Å². The molecule has 1 amide bonds. The lowest BCUT2D eigenvalue weighted by atomic mass is 10.0. The summed E-state index contributed by atoms with van der Waals surface area (Å²) < 4.78 is 0. The Morgan fingerprint density at radius 1 is 1.17 bits per heavy atom. The van der Waals surface area contributed by atoms with Gasteiger partial charge < -0.3 is 14.7 Å². The highest BCUT2D eigenvalue weighted by Crippen LogP contribution is 2.19. The van der Waals surface area contributed by atoms with E-state index in [0.717, 1.165) is 51.8 Å². The Balaban J connectivity index is 1.61. The molecular formula is C17H27N5O. The van der Waals surface area contributed by atoms with Crippen LogP contribution in [0.4, 0.5) is 5.95 Å². The number of carbonyl (C=O) groups is 1. The van der Waals surface area contributed by atoms with E-state index in [1.165, 1.54) is 12.8 Å². The monoisotopic (exact) mass is 317 g/mol. The highest BCUT2D eigenvalue weighted by molar-refractivity contribution is 5.93. The van der Waals surface area contributed by atoms with Crippen molar-refractivity contribution in [2.75, 3.05) is 50.7 Å². The Hall–Kier alpha value is -1.69. The molecule has 0 bridgehead atoms. The van der Waals surface area contributed by atoms with Crippen LogP contribution in [-0.2, 0) is 0 Å². The van der Waals surface area contributed by atoms with Crippen molar-refractivity contribution in [3.05, 3.63) is 18.0 Å². The summed E-state index contributed by atoms with van der Waals surface area (Å²) in [6.07, 6.45) is 5.84. The lowest BCUT2D eigenvalue weighted by Gasteiger charge is -2.34. The third-order valence-electron chi connectivity index (χ3n) is 4.93. The summed E-state index contributed by atoms with van der Waals surface area (Å²) in [6.45, 7) is 11.0. The Kier molecular flexibility index (Phi) is 5.10. The van der Waals surface area contributed by atoms with Gasteiger partial charge in [0.1, 0.15) is 0 Å². The minimum atomic E-state index is 0.0549. The highest BCUT2D eigenvalue weighted by Gasteiger charge is 2.23. The average molecular weight is 317 g/mol. The van der Waals surface area contributed by atoms with Crippen LogP contribution in [-0.4, -0.2) is 71.5 Å². The van der Waals surface area contributed by atoms with E-state index in [2.05, 4.69) is 33.6 Å². The van der Waals surface area contributed by atoms with E-state index in [-0.39, 0.29) is 5.91 Å². The molecular weight excluding hydrogens is 290 g/mol. The van der Waals surface area contributed by atoms with Gasteiger partial charge in [-0.25, -0.2) is 9.97 Å². The molecule has 0 radical (unpaired) electrons. The van der Waals surface area contributed by atoms with Crippen LogP contribution in [0.5, 0.6) is 0 Å². The Labute approximate surface area is 138 Å². The number of hydrogen-bond acceptors (Lipinski definition) is 5. The van der Waals surface area contributed by atoms with Crippen LogP contribution in [0.2, 0.25) is 0 Å². The number of piperidine rings is 1. The molecule has 23 heavy (non-hydrogen) atoms. The number of aromatic nitrogens is 2. The number of hydrogen-bond donors (Lipinski definition) is 0.